The summed E-state index contributed by atoms with van der Waals surface area (Å²) in [6.07, 6.45) is 0. The Labute approximate surface area is 130 Å². The van der Waals surface area contributed by atoms with E-state index in [4.69, 9.17) is 5.11 Å². The van der Waals surface area contributed by atoms with Crippen molar-refractivity contribution in [1.82, 2.24) is 19.4 Å². The first-order valence-corrected chi connectivity index (χ1v) is 6.76. The van der Waals surface area contributed by atoms with Crippen molar-refractivity contribution in [2.45, 2.75) is 19.9 Å². The summed E-state index contributed by atoms with van der Waals surface area (Å²) in [6, 6.07) is 0.297. The number of hydrogen-bond donors (Lipinski definition) is 2. The molecule has 2 aromatic heterocycles. The second kappa shape index (κ2) is 5.67. The number of pyridine rings is 1. The molecule has 9 nitrogen and oxygen atoms in total. The number of carbonyl (C=O) groups excluding carboxylic acids is 1. The molecule has 2 heterocycles. The number of carbonyl (C=O) groups is 2. The van der Waals surface area contributed by atoms with Gasteiger partial charge in [0.15, 0.2) is 0 Å². The summed E-state index contributed by atoms with van der Waals surface area (Å²) in [6.45, 7) is 2.94. The lowest BCUT2D eigenvalue weighted by molar-refractivity contribution is -0.138. The summed E-state index contributed by atoms with van der Waals surface area (Å²) in [5.41, 5.74) is -0.582. The van der Waals surface area contributed by atoms with Crippen molar-refractivity contribution in [3.63, 3.8) is 0 Å². The van der Waals surface area contributed by atoms with Gasteiger partial charge in [0.1, 0.15) is 17.4 Å². The first-order valence-electron chi connectivity index (χ1n) is 6.76. The van der Waals surface area contributed by atoms with Crippen LogP contribution in [0.4, 0.5) is 0 Å². The number of aliphatic carboxylic acids is 1. The number of fused-ring (bicyclic) bond motifs is 1. The van der Waals surface area contributed by atoms with Crippen LogP contribution in [-0.4, -0.2) is 37.1 Å². The van der Waals surface area contributed by atoms with E-state index in [1.165, 1.54) is 31.7 Å². The van der Waals surface area contributed by atoms with E-state index in [9.17, 15) is 19.2 Å². The molecule has 2 rings (SSSR count). The Bertz CT molecular complexity index is 941. The van der Waals surface area contributed by atoms with Gasteiger partial charge in [0.05, 0.1) is 5.39 Å². The maximum Gasteiger partial charge on any atom is 0.332 e. The van der Waals surface area contributed by atoms with Crippen LogP contribution in [0.15, 0.2) is 15.7 Å². The molecule has 23 heavy (non-hydrogen) atoms. The highest BCUT2D eigenvalue weighted by Gasteiger charge is 2.19. The monoisotopic (exact) mass is 320 g/mol. The predicted octanol–water partition coefficient (Wildman–Crippen LogP) is -0.856. The summed E-state index contributed by atoms with van der Waals surface area (Å²) in [5.74, 6) is -1.88. The molecular formula is C14H16N4O5. The Morgan fingerprint density at radius 1 is 1.26 bits per heavy atom. The van der Waals surface area contributed by atoms with Crippen LogP contribution < -0.4 is 16.6 Å². The Balaban J connectivity index is 2.67. The number of nitrogens with one attached hydrogen (secondary N) is 1. The van der Waals surface area contributed by atoms with Crippen molar-refractivity contribution in [3.05, 3.63) is 38.2 Å². The highest BCUT2D eigenvalue weighted by molar-refractivity contribution is 5.97. The van der Waals surface area contributed by atoms with E-state index in [-0.39, 0.29) is 16.7 Å². The molecule has 1 amide bonds. The summed E-state index contributed by atoms with van der Waals surface area (Å²) < 4.78 is 2.13. The van der Waals surface area contributed by atoms with Crippen LogP contribution in [0.2, 0.25) is 0 Å². The van der Waals surface area contributed by atoms with Crippen molar-refractivity contribution in [2.24, 2.45) is 14.1 Å². The molecule has 0 aliphatic rings. The lowest BCUT2D eigenvalue weighted by atomic mass is 10.1. The zero-order chi connectivity index (χ0) is 17.5. The lowest BCUT2D eigenvalue weighted by Crippen LogP contribution is -2.40. The van der Waals surface area contributed by atoms with Gasteiger partial charge in [-0.1, -0.05) is 0 Å². The van der Waals surface area contributed by atoms with Gasteiger partial charge in [-0.15, -0.1) is 0 Å². The fraction of sp³-hybridized carbons (Fsp3) is 0.357. The lowest BCUT2D eigenvalue weighted by Gasteiger charge is -2.12. The average molecular weight is 320 g/mol. The van der Waals surface area contributed by atoms with Gasteiger partial charge in [0.25, 0.3) is 11.5 Å². The minimum atomic E-state index is -1.18. The smallest absolute Gasteiger partial charge is 0.332 e. The molecular weight excluding hydrogens is 304 g/mol. The number of aromatic nitrogens is 3. The summed E-state index contributed by atoms with van der Waals surface area (Å²) in [5, 5.41) is 11.3. The van der Waals surface area contributed by atoms with Gasteiger partial charge in [-0.25, -0.2) is 9.78 Å². The van der Waals surface area contributed by atoms with Gasteiger partial charge in [-0.2, -0.15) is 0 Å². The molecule has 0 saturated carbocycles. The number of carboxylic acids is 1. The van der Waals surface area contributed by atoms with E-state index >= 15 is 0 Å². The third-order valence-corrected chi connectivity index (χ3v) is 3.56. The maximum atomic E-state index is 12.2. The van der Waals surface area contributed by atoms with Gasteiger partial charge in [0.2, 0.25) is 0 Å². The van der Waals surface area contributed by atoms with Crippen LogP contribution in [0.1, 0.15) is 23.0 Å². The molecule has 0 unspecified atom stereocenters. The van der Waals surface area contributed by atoms with Crippen LogP contribution in [-0.2, 0) is 18.9 Å². The molecule has 0 fully saturated rings. The Kier molecular flexibility index (Phi) is 4.04. The van der Waals surface area contributed by atoms with Crippen molar-refractivity contribution in [1.29, 1.82) is 0 Å². The summed E-state index contributed by atoms with van der Waals surface area (Å²) in [4.78, 5) is 51.1. The molecule has 122 valence electrons. The minimum Gasteiger partial charge on any atom is -0.480 e. The van der Waals surface area contributed by atoms with Crippen LogP contribution in [0.5, 0.6) is 0 Å². The molecule has 9 heteroatoms. The normalized spacial score (nSPS) is 12.2. The van der Waals surface area contributed by atoms with E-state index in [1.807, 2.05) is 0 Å². The quantitative estimate of drug-likeness (QED) is 0.759. The number of rotatable bonds is 3. The zero-order valence-electron chi connectivity index (χ0n) is 13.1. The standard InChI is InChI=1S/C14H16N4O5/c1-6-5-8(11(19)15-7(2)13(21)22)16-10-9(6)12(20)18(4)14(23)17(10)3/h5,7H,1-4H3,(H,15,19)(H,21,22)/t7-/m1/s1. The molecule has 2 aromatic rings. The molecule has 0 bridgehead atoms. The Hall–Kier alpha value is -2.97. The Morgan fingerprint density at radius 2 is 1.87 bits per heavy atom. The van der Waals surface area contributed by atoms with Gasteiger partial charge >= 0.3 is 11.7 Å². The topological polar surface area (TPSA) is 123 Å². The predicted molar refractivity (Wildman–Crippen MR) is 81.5 cm³/mol. The molecule has 0 radical (unpaired) electrons. The largest absolute Gasteiger partial charge is 0.480 e. The van der Waals surface area contributed by atoms with Crippen LogP contribution in [0.25, 0.3) is 11.0 Å². The average Bonchev–Trinajstić information content (AvgIpc) is 2.49. The fourth-order valence-corrected chi connectivity index (χ4v) is 2.18. The Morgan fingerprint density at radius 3 is 2.43 bits per heavy atom. The van der Waals surface area contributed by atoms with Crippen molar-refractivity contribution in [2.75, 3.05) is 0 Å². The number of aryl methyl sites for hydroxylation is 2. The van der Waals surface area contributed by atoms with Gasteiger partial charge in [0, 0.05) is 14.1 Å². The minimum absolute atomic E-state index is 0.0636. The zero-order valence-corrected chi connectivity index (χ0v) is 13.1. The third-order valence-electron chi connectivity index (χ3n) is 3.56. The molecule has 0 aliphatic carbocycles. The molecule has 0 aromatic carbocycles. The second-order valence-electron chi connectivity index (χ2n) is 5.26. The molecule has 2 N–H and O–H groups in total. The van der Waals surface area contributed by atoms with E-state index < -0.39 is 29.2 Å². The van der Waals surface area contributed by atoms with Crippen LogP contribution in [0.3, 0.4) is 0 Å². The van der Waals surface area contributed by atoms with Crippen molar-refractivity contribution < 1.29 is 14.7 Å². The first kappa shape index (κ1) is 16.4. The van der Waals surface area contributed by atoms with Crippen LogP contribution in [0, 0.1) is 6.92 Å². The van der Waals surface area contributed by atoms with Gasteiger partial charge in [-0.3, -0.25) is 23.5 Å². The van der Waals surface area contributed by atoms with E-state index in [2.05, 4.69) is 10.3 Å². The number of amides is 1. The molecule has 0 spiro atoms. The van der Waals surface area contributed by atoms with Crippen molar-refractivity contribution in [3.8, 4) is 0 Å². The van der Waals surface area contributed by atoms with E-state index in [1.54, 1.807) is 6.92 Å². The van der Waals surface area contributed by atoms with Crippen LogP contribution >= 0.6 is 0 Å². The van der Waals surface area contributed by atoms with Crippen molar-refractivity contribution >= 4 is 22.9 Å². The maximum absolute atomic E-state index is 12.2. The molecule has 0 saturated heterocycles. The number of hydrogen-bond acceptors (Lipinski definition) is 5. The highest BCUT2D eigenvalue weighted by Crippen LogP contribution is 2.12. The molecule has 0 aliphatic heterocycles. The van der Waals surface area contributed by atoms with Gasteiger partial charge < -0.3 is 10.4 Å². The first-order chi connectivity index (χ1) is 10.6. The van der Waals surface area contributed by atoms with Gasteiger partial charge in [-0.05, 0) is 25.5 Å². The second-order valence-corrected chi connectivity index (χ2v) is 5.26. The summed E-state index contributed by atoms with van der Waals surface area (Å²) in [7, 11) is 2.80. The highest BCUT2D eigenvalue weighted by atomic mass is 16.4. The summed E-state index contributed by atoms with van der Waals surface area (Å²) >= 11 is 0. The number of carboxylic acid groups (broad SMARTS) is 1. The fourth-order valence-electron chi connectivity index (χ4n) is 2.18. The van der Waals surface area contributed by atoms with E-state index in [0.29, 0.717) is 5.56 Å². The SMILES string of the molecule is Cc1cc(C(=O)N[C@H](C)C(=O)O)nc2c1c(=O)n(C)c(=O)n2C. The third kappa shape index (κ3) is 2.72. The van der Waals surface area contributed by atoms with E-state index in [0.717, 1.165) is 4.57 Å². The number of nitrogens with zero attached hydrogens (tertiary/aromatic N) is 3. The molecule has 1 atom stereocenters.